The van der Waals surface area contributed by atoms with Crippen LogP contribution < -0.4 is 5.32 Å². The molecule has 7 nitrogen and oxygen atoms in total. The summed E-state index contributed by atoms with van der Waals surface area (Å²) in [5.41, 5.74) is 1.41. The fourth-order valence-corrected chi connectivity index (χ4v) is 4.02. The van der Waals surface area contributed by atoms with Gasteiger partial charge in [0.25, 0.3) is 0 Å². The third-order valence-corrected chi connectivity index (χ3v) is 5.81. The van der Waals surface area contributed by atoms with Crippen molar-refractivity contribution in [1.82, 2.24) is 20.1 Å². The Labute approximate surface area is 175 Å². The van der Waals surface area contributed by atoms with Crippen molar-refractivity contribution in [2.45, 2.75) is 44.3 Å². The van der Waals surface area contributed by atoms with Crippen molar-refractivity contribution in [1.29, 1.82) is 0 Å². The largest absolute Gasteiger partial charge is 0.465 e. The molecule has 0 aliphatic heterocycles. The van der Waals surface area contributed by atoms with Crippen molar-refractivity contribution in [2.24, 2.45) is 5.92 Å². The van der Waals surface area contributed by atoms with E-state index in [0.29, 0.717) is 24.5 Å². The molecular weight excluding hydrogens is 388 g/mol. The van der Waals surface area contributed by atoms with Crippen LogP contribution in [0.5, 0.6) is 0 Å². The molecule has 0 spiro atoms. The molecule has 2 atom stereocenters. The van der Waals surface area contributed by atoms with E-state index in [9.17, 15) is 9.59 Å². The van der Waals surface area contributed by atoms with Crippen LogP contribution in [0.2, 0.25) is 0 Å². The number of methoxy groups -OCH3 is 1. The molecule has 1 aromatic heterocycles. The maximum Gasteiger partial charge on any atom is 0.337 e. The van der Waals surface area contributed by atoms with Gasteiger partial charge >= 0.3 is 5.97 Å². The smallest absolute Gasteiger partial charge is 0.337 e. The van der Waals surface area contributed by atoms with Crippen LogP contribution >= 0.6 is 11.8 Å². The minimum atomic E-state index is -0.337. The number of allylic oxidation sites excluding steroid dienone is 5. The van der Waals surface area contributed by atoms with Crippen LogP contribution in [-0.2, 0) is 20.9 Å². The minimum Gasteiger partial charge on any atom is -0.465 e. The second-order valence-corrected chi connectivity index (χ2v) is 7.95. The van der Waals surface area contributed by atoms with E-state index in [1.54, 1.807) is 6.08 Å². The first-order chi connectivity index (χ1) is 14.0. The summed E-state index contributed by atoms with van der Waals surface area (Å²) in [5, 5.41) is 12.3. The van der Waals surface area contributed by atoms with Gasteiger partial charge in [-0.1, -0.05) is 49.1 Å². The molecule has 0 fully saturated rings. The van der Waals surface area contributed by atoms with Gasteiger partial charge in [0.2, 0.25) is 5.91 Å². The van der Waals surface area contributed by atoms with E-state index in [0.717, 1.165) is 23.1 Å². The number of thioether (sulfide) groups is 1. The van der Waals surface area contributed by atoms with Crippen molar-refractivity contribution < 1.29 is 14.3 Å². The van der Waals surface area contributed by atoms with Crippen LogP contribution in [0.25, 0.3) is 0 Å². The summed E-state index contributed by atoms with van der Waals surface area (Å²) < 4.78 is 6.77. The normalized spacial score (nSPS) is 20.8. The Morgan fingerprint density at radius 1 is 1.24 bits per heavy atom. The van der Waals surface area contributed by atoms with Gasteiger partial charge in [0, 0.05) is 18.2 Å². The molecule has 29 heavy (non-hydrogen) atoms. The summed E-state index contributed by atoms with van der Waals surface area (Å²) in [6, 6.07) is 0. The SMILES string of the molecule is CCn1c(SCC(=O)NC2=CCC(C)C=C2)nnc1C1C=CC(C(=O)OC)=CC1. The second-order valence-electron chi connectivity index (χ2n) is 7.01. The van der Waals surface area contributed by atoms with Crippen molar-refractivity contribution in [3.63, 3.8) is 0 Å². The lowest BCUT2D eigenvalue weighted by Crippen LogP contribution is -2.24. The average Bonchev–Trinajstić information content (AvgIpc) is 3.16. The third kappa shape index (κ3) is 5.26. The number of carbonyl (C=O) groups excluding carboxylic acids is 2. The Hall–Kier alpha value is -2.61. The molecule has 1 heterocycles. The van der Waals surface area contributed by atoms with Gasteiger partial charge in [0.15, 0.2) is 5.16 Å². The van der Waals surface area contributed by atoms with E-state index < -0.39 is 0 Å². The van der Waals surface area contributed by atoms with Gasteiger partial charge in [-0.2, -0.15) is 0 Å². The molecule has 0 aromatic carbocycles. The van der Waals surface area contributed by atoms with Gasteiger partial charge in [-0.15, -0.1) is 10.2 Å². The highest BCUT2D eigenvalue weighted by atomic mass is 32.2. The average molecular weight is 415 g/mol. The molecule has 1 amide bonds. The van der Waals surface area contributed by atoms with E-state index in [1.807, 2.05) is 35.8 Å². The van der Waals surface area contributed by atoms with Crippen LogP contribution in [-0.4, -0.2) is 39.5 Å². The molecule has 2 aliphatic carbocycles. The molecule has 0 saturated heterocycles. The predicted molar refractivity (Wildman–Crippen MR) is 112 cm³/mol. The number of esters is 1. The Bertz CT molecular complexity index is 898. The summed E-state index contributed by atoms with van der Waals surface area (Å²) in [6.45, 7) is 4.87. The third-order valence-electron chi connectivity index (χ3n) is 4.84. The Balaban J connectivity index is 1.59. The topological polar surface area (TPSA) is 86.1 Å². The number of rotatable bonds is 7. The number of hydrogen-bond donors (Lipinski definition) is 1. The highest BCUT2D eigenvalue weighted by Crippen LogP contribution is 2.28. The number of aromatic nitrogens is 3. The lowest BCUT2D eigenvalue weighted by Gasteiger charge is -2.16. The maximum atomic E-state index is 12.3. The van der Waals surface area contributed by atoms with Crippen molar-refractivity contribution in [3.05, 3.63) is 53.6 Å². The fourth-order valence-electron chi connectivity index (χ4n) is 3.21. The molecule has 1 aromatic rings. The van der Waals surface area contributed by atoms with E-state index in [1.165, 1.54) is 18.9 Å². The van der Waals surface area contributed by atoms with Crippen molar-refractivity contribution in [2.75, 3.05) is 12.9 Å². The molecule has 1 N–H and O–H groups in total. The Morgan fingerprint density at radius 3 is 2.69 bits per heavy atom. The number of amides is 1. The number of hydrogen-bond acceptors (Lipinski definition) is 6. The highest BCUT2D eigenvalue weighted by Gasteiger charge is 2.22. The van der Waals surface area contributed by atoms with Crippen LogP contribution in [0.1, 0.15) is 38.4 Å². The van der Waals surface area contributed by atoms with Crippen molar-refractivity contribution >= 4 is 23.6 Å². The molecule has 154 valence electrons. The number of carbonyl (C=O) groups is 2. The zero-order chi connectivity index (χ0) is 20.8. The molecular formula is C21H26N4O3S. The quantitative estimate of drug-likeness (QED) is 0.545. The van der Waals surface area contributed by atoms with E-state index in [4.69, 9.17) is 4.74 Å². The first-order valence-corrected chi connectivity index (χ1v) is 10.7. The van der Waals surface area contributed by atoms with E-state index >= 15 is 0 Å². The summed E-state index contributed by atoms with van der Waals surface area (Å²) in [7, 11) is 1.37. The number of nitrogens with zero attached hydrogens (tertiary/aromatic N) is 3. The van der Waals surface area contributed by atoms with Gasteiger partial charge in [-0.05, 0) is 31.8 Å². The fraction of sp³-hybridized carbons (Fsp3) is 0.429. The van der Waals surface area contributed by atoms with Crippen LogP contribution in [0.4, 0.5) is 0 Å². The monoisotopic (exact) mass is 414 g/mol. The van der Waals surface area contributed by atoms with Gasteiger partial charge in [-0.25, -0.2) is 4.79 Å². The predicted octanol–water partition coefficient (Wildman–Crippen LogP) is 3.13. The Morgan fingerprint density at radius 2 is 2.07 bits per heavy atom. The molecule has 2 aliphatic rings. The Kier molecular flexibility index (Phi) is 7.09. The van der Waals surface area contributed by atoms with Gasteiger partial charge in [0.05, 0.1) is 18.4 Å². The first-order valence-electron chi connectivity index (χ1n) is 9.72. The molecule has 2 unspecified atom stereocenters. The van der Waals surface area contributed by atoms with E-state index in [-0.39, 0.29) is 23.5 Å². The summed E-state index contributed by atoms with van der Waals surface area (Å²) >= 11 is 1.38. The zero-order valence-electron chi connectivity index (χ0n) is 16.9. The highest BCUT2D eigenvalue weighted by molar-refractivity contribution is 7.99. The lowest BCUT2D eigenvalue weighted by atomic mass is 9.96. The summed E-state index contributed by atoms with van der Waals surface area (Å²) in [4.78, 5) is 23.9. The standard InChI is InChI=1S/C21H26N4O3S/c1-4-25-19(15-7-9-16(10-8-15)20(27)28-3)23-24-21(25)29-13-18(26)22-17-11-5-14(2)6-12-17/h5,7,9-12,14-15H,4,6,8,13H2,1-3H3,(H,22,26). The molecule has 0 bridgehead atoms. The van der Waals surface area contributed by atoms with Gasteiger partial charge in [-0.3, -0.25) is 4.79 Å². The number of ether oxygens (including phenoxy) is 1. The summed E-state index contributed by atoms with van der Waals surface area (Å²) in [6.07, 6.45) is 13.3. The maximum absolute atomic E-state index is 12.3. The second kappa shape index (κ2) is 9.73. The van der Waals surface area contributed by atoms with Crippen LogP contribution in [0.3, 0.4) is 0 Å². The lowest BCUT2D eigenvalue weighted by molar-refractivity contribution is -0.135. The zero-order valence-corrected chi connectivity index (χ0v) is 17.7. The molecule has 8 heteroatoms. The molecule has 0 saturated carbocycles. The first kappa shape index (κ1) is 21.1. The van der Waals surface area contributed by atoms with Gasteiger partial charge < -0.3 is 14.6 Å². The number of nitrogens with one attached hydrogen (secondary N) is 1. The van der Waals surface area contributed by atoms with Crippen LogP contribution in [0.15, 0.2) is 52.9 Å². The van der Waals surface area contributed by atoms with E-state index in [2.05, 4.69) is 28.5 Å². The van der Waals surface area contributed by atoms with Gasteiger partial charge in [0.1, 0.15) is 5.82 Å². The molecule has 0 radical (unpaired) electrons. The summed E-state index contributed by atoms with van der Waals surface area (Å²) in [5.74, 6) is 1.26. The van der Waals surface area contributed by atoms with Crippen LogP contribution in [0, 0.1) is 5.92 Å². The minimum absolute atomic E-state index is 0.0403. The molecule has 3 rings (SSSR count). The van der Waals surface area contributed by atoms with Crippen molar-refractivity contribution in [3.8, 4) is 0 Å².